The molecule has 2 amide bonds. The summed E-state index contributed by atoms with van der Waals surface area (Å²) in [6.45, 7) is 1.28. The van der Waals surface area contributed by atoms with Crippen molar-refractivity contribution in [1.29, 1.82) is 0 Å². The predicted molar refractivity (Wildman–Crippen MR) is 143 cm³/mol. The zero-order valence-corrected chi connectivity index (χ0v) is 21.2. The lowest BCUT2D eigenvalue weighted by Crippen LogP contribution is -2.30. The average Bonchev–Trinajstić information content (AvgIpc) is 3.24. The highest BCUT2D eigenvalue weighted by molar-refractivity contribution is 8.00. The minimum atomic E-state index is -0.0824. The van der Waals surface area contributed by atoms with Crippen molar-refractivity contribution in [3.63, 3.8) is 0 Å². The molecule has 4 nitrogen and oxygen atoms in total. The Labute approximate surface area is 214 Å². The molecule has 0 spiro atoms. The Morgan fingerprint density at radius 3 is 2.53 bits per heavy atom. The zero-order chi connectivity index (χ0) is 23.8. The van der Waals surface area contributed by atoms with E-state index in [1.807, 2.05) is 71.6 Å². The number of rotatable bonds is 10. The van der Waals surface area contributed by atoms with Crippen LogP contribution in [0.25, 0.3) is 0 Å². The highest BCUT2D eigenvalue weighted by atomic mass is 35.5. The number of amides is 2. The molecule has 176 valence electrons. The lowest BCUT2D eigenvalue weighted by atomic mass is 10.1. The fourth-order valence-corrected chi connectivity index (χ4v) is 6.16. The second-order valence-corrected chi connectivity index (χ2v) is 10.6. The molecule has 0 aromatic heterocycles. The third-order valence-electron chi connectivity index (χ3n) is 5.66. The van der Waals surface area contributed by atoms with Crippen LogP contribution in [0.2, 0.25) is 5.02 Å². The van der Waals surface area contributed by atoms with Crippen LogP contribution < -0.4 is 5.32 Å². The summed E-state index contributed by atoms with van der Waals surface area (Å²) in [6, 6.07) is 25.7. The van der Waals surface area contributed by atoms with E-state index in [-0.39, 0.29) is 17.2 Å². The molecule has 0 unspecified atom stereocenters. The molecule has 1 saturated heterocycles. The van der Waals surface area contributed by atoms with Gasteiger partial charge in [-0.05, 0) is 41.3 Å². The number of benzene rings is 3. The summed E-state index contributed by atoms with van der Waals surface area (Å²) >= 11 is 9.57. The first kappa shape index (κ1) is 24.7. The molecule has 4 rings (SSSR count). The van der Waals surface area contributed by atoms with Crippen LogP contribution in [0.3, 0.4) is 0 Å². The molecule has 1 aliphatic rings. The standard InChI is InChI=1S/C27H27ClN2O2S2/c28-24-9-5-4-8-23(24)18-33-17-15-29-26(32)21-10-12-22(13-11-21)27-30(25(31)19-34-27)16-14-20-6-2-1-3-7-20/h1-13,27H,14-19H2,(H,29,32)/t27-/m1/s1. The highest BCUT2D eigenvalue weighted by Gasteiger charge is 2.32. The van der Waals surface area contributed by atoms with Crippen molar-refractivity contribution in [3.8, 4) is 0 Å². The minimum absolute atomic E-state index is 0.00506. The molecular weight excluding hydrogens is 484 g/mol. The molecule has 0 saturated carbocycles. The Morgan fingerprint density at radius 2 is 1.76 bits per heavy atom. The van der Waals surface area contributed by atoms with E-state index in [4.69, 9.17) is 11.6 Å². The smallest absolute Gasteiger partial charge is 0.251 e. The first-order valence-corrected chi connectivity index (χ1v) is 13.8. The number of nitrogens with zero attached hydrogens (tertiary/aromatic N) is 1. The van der Waals surface area contributed by atoms with Gasteiger partial charge in [-0.1, -0.05) is 72.3 Å². The Bertz CT molecular complexity index is 1110. The van der Waals surface area contributed by atoms with Gasteiger partial charge in [0.1, 0.15) is 5.37 Å². The predicted octanol–water partition coefficient (Wildman–Crippen LogP) is 5.82. The molecule has 1 atom stereocenters. The number of carbonyl (C=O) groups is 2. The molecule has 3 aromatic carbocycles. The van der Waals surface area contributed by atoms with Crippen molar-refractivity contribution < 1.29 is 9.59 Å². The Morgan fingerprint density at radius 1 is 1.03 bits per heavy atom. The topological polar surface area (TPSA) is 49.4 Å². The van der Waals surface area contributed by atoms with Gasteiger partial charge in [0.25, 0.3) is 5.91 Å². The molecule has 7 heteroatoms. The lowest BCUT2D eigenvalue weighted by Gasteiger charge is -2.24. The van der Waals surface area contributed by atoms with Crippen LogP contribution in [-0.4, -0.2) is 41.3 Å². The van der Waals surface area contributed by atoms with E-state index in [1.54, 1.807) is 23.5 Å². The van der Waals surface area contributed by atoms with Gasteiger partial charge in [-0.3, -0.25) is 9.59 Å². The van der Waals surface area contributed by atoms with Gasteiger partial charge in [0, 0.05) is 35.2 Å². The van der Waals surface area contributed by atoms with Gasteiger partial charge in [-0.15, -0.1) is 11.8 Å². The summed E-state index contributed by atoms with van der Waals surface area (Å²) in [5, 5.41) is 3.75. The Hall–Kier alpha value is -2.41. The molecule has 0 bridgehead atoms. The quantitative estimate of drug-likeness (QED) is 0.349. The van der Waals surface area contributed by atoms with Gasteiger partial charge < -0.3 is 10.2 Å². The lowest BCUT2D eigenvalue weighted by molar-refractivity contribution is -0.128. The molecule has 0 aliphatic carbocycles. The maximum Gasteiger partial charge on any atom is 0.251 e. The van der Waals surface area contributed by atoms with Gasteiger partial charge in [0.15, 0.2) is 0 Å². The van der Waals surface area contributed by atoms with Crippen LogP contribution in [0.5, 0.6) is 0 Å². The first-order chi connectivity index (χ1) is 16.6. The Kier molecular flexibility index (Phi) is 8.97. The molecule has 1 aliphatic heterocycles. The van der Waals surface area contributed by atoms with E-state index in [0.717, 1.165) is 34.1 Å². The van der Waals surface area contributed by atoms with Crippen molar-refractivity contribution in [2.24, 2.45) is 0 Å². The van der Waals surface area contributed by atoms with E-state index in [9.17, 15) is 9.59 Å². The average molecular weight is 511 g/mol. The maximum atomic E-state index is 12.5. The molecule has 0 radical (unpaired) electrons. The van der Waals surface area contributed by atoms with Crippen molar-refractivity contribution in [2.45, 2.75) is 17.5 Å². The molecular formula is C27H27ClN2O2S2. The third-order valence-corrected chi connectivity index (χ3v) is 8.29. The summed E-state index contributed by atoms with van der Waals surface area (Å²) in [5.74, 6) is 2.21. The summed E-state index contributed by atoms with van der Waals surface area (Å²) < 4.78 is 0. The van der Waals surface area contributed by atoms with Crippen molar-refractivity contribution in [2.75, 3.05) is 24.6 Å². The normalized spacial score (nSPS) is 15.5. The molecule has 1 fully saturated rings. The second kappa shape index (κ2) is 12.3. The van der Waals surface area contributed by atoms with E-state index < -0.39 is 0 Å². The molecule has 1 heterocycles. The van der Waals surface area contributed by atoms with Crippen molar-refractivity contribution >= 4 is 46.9 Å². The number of hydrogen-bond acceptors (Lipinski definition) is 4. The van der Waals surface area contributed by atoms with Crippen LogP contribution in [0, 0.1) is 0 Å². The van der Waals surface area contributed by atoms with Crippen LogP contribution >= 0.6 is 35.1 Å². The summed E-state index contributed by atoms with van der Waals surface area (Å²) in [4.78, 5) is 26.9. The van der Waals surface area contributed by atoms with Crippen LogP contribution in [-0.2, 0) is 17.0 Å². The molecule has 34 heavy (non-hydrogen) atoms. The minimum Gasteiger partial charge on any atom is -0.351 e. The van der Waals surface area contributed by atoms with Gasteiger partial charge in [-0.2, -0.15) is 11.8 Å². The fourth-order valence-electron chi connectivity index (χ4n) is 3.80. The van der Waals surface area contributed by atoms with Gasteiger partial charge in [0.2, 0.25) is 5.91 Å². The largest absolute Gasteiger partial charge is 0.351 e. The van der Waals surface area contributed by atoms with Gasteiger partial charge in [0.05, 0.1) is 5.75 Å². The van der Waals surface area contributed by atoms with Crippen molar-refractivity contribution in [1.82, 2.24) is 10.2 Å². The molecule has 3 aromatic rings. The van der Waals surface area contributed by atoms with E-state index >= 15 is 0 Å². The number of halogens is 1. The molecule has 1 N–H and O–H groups in total. The second-order valence-electron chi connectivity index (χ2n) is 8.01. The fraction of sp³-hybridized carbons (Fsp3) is 0.259. The summed E-state index contributed by atoms with van der Waals surface area (Å²) in [6.07, 6.45) is 0.832. The van der Waals surface area contributed by atoms with Gasteiger partial charge in [-0.25, -0.2) is 0 Å². The summed E-state index contributed by atoms with van der Waals surface area (Å²) in [5.41, 5.74) is 4.01. The van der Waals surface area contributed by atoms with Crippen LogP contribution in [0.15, 0.2) is 78.9 Å². The van der Waals surface area contributed by atoms with E-state index in [0.29, 0.717) is 24.4 Å². The van der Waals surface area contributed by atoms with Gasteiger partial charge >= 0.3 is 0 Å². The third kappa shape index (κ3) is 6.59. The van der Waals surface area contributed by atoms with E-state index in [1.165, 1.54) is 5.56 Å². The number of thioether (sulfide) groups is 2. The highest BCUT2D eigenvalue weighted by Crippen LogP contribution is 2.38. The maximum absolute atomic E-state index is 12.5. The number of hydrogen-bond donors (Lipinski definition) is 1. The number of carbonyl (C=O) groups excluding carboxylic acids is 2. The van der Waals surface area contributed by atoms with E-state index in [2.05, 4.69) is 17.4 Å². The van der Waals surface area contributed by atoms with Crippen LogP contribution in [0.1, 0.15) is 32.4 Å². The monoisotopic (exact) mass is 510 g/mol. The number of nitrogens with one attached hydrogen (secondary N) is 1. The van der Waals surface area contributed by atoms with Crippen molar-refractivity contribution in [3.05, 3.63) is 106 Å². The summed E-state index contributed by atoms with van der Waals surface area (Å²) in [7, 11) is 0. The first-order valence-electron chi connectivity index (χ1n) is 11.3. The Balaban J connectivity index is 1.25. The SMILES string of the molecule is O=C(NCCSCc1ccccc1Cl)c1ccc([C@H]2SCC(=O)N2CCc2ccccc2)cc1. The zero-order valence-electron chi connectivity index (χ0n) is 18.8. The van der Waals surface area contributed by atoms with Crippen LogP contribution in [0.4, 0.5) is 0 Å².